The van der Waals surface area contributed by atoms with Gasteiger partial charge in [0.15, 0.2) is 0 Å². The fourth-order valence-corrected chi connectivity index (χ4v) is 3.10. The number of nitrogens with zero attached hydrogens (tertiary/aromatic N) is 4. The first-order chi connectivity index (χ1) is 11.7. The van der Waals surface area contributed by atoms with E-state index in [9.17, 15) is 4.79 Å². The lowest BCUT2D eigenvalue weighted by atomic mass is 10.2. The summed E-state index contributed by atoms with van der Waals surface area (Å²) in [7, 11) is 0. The molecule has 0 saturated carbocycles. The third-order valence-corrected chi connectivity index (χ3v) is 4.45. The molecule has 1 aliphatic rings. The molecule has 24 heavy (non-hydrogen) atoms. The lowest BCUT2D eigenvalue weighted by Gasteiger charge is -2.21. The molecule has 1 aromatic carbocycles. The largest absolute Gasteiger partial charge is 0.337 e. The van der Waals surface area contributed by atoms with Crippen LogP contribution >= 0.6 is 11.6 Å². The average Bonchev–Trinajstić information content (AvgIpc) is 2.91. The van der Waals surface area contributed by atoms with E-state index in [2.05, 4.69) is 20.1 Å². The number of hydrogen-bond donors (Lipinski definition) is 1. The van der Waals surface area contributed by atoms with Gasteiger partial charge in [0.05, 0.1) is 6.54 Å². The number of H-pyrrole nitrogens is 1. The summed E-state index contributed by atoms with van der Waals surface area (Å²) in [6.45, 7) is 6.03. The molecule has 0 aliphatic carbocycles. The van der Waals surface area contributed by atoms with E-state index < -0.39 is 0 Å². The number of amides is 1. The van der Waals surface area contributed by atoms with Crippen molar-refractivity contribution in [1.29, 1.82) is 0 Å². The molecule has 1 saturated heterocycles. The van der Waals surface area contributed by atoms with Gasteiger partial charge in [-0.3, -0.25) is 14.8 Å². The summed E-state index contributed by atoms with van der Waals surface area (Å²) in [4.78, 5) is 21.3. The molecule has 7 heteroatoms. The number of aromatic nitrogens is 3. The highest BCUT2D eigenvalue weighted by Crippen LogP contribution is 2.15. The number of aryl methyl sites for hydroxylation is 1. The van der Waals surface area contributed by atoms with Crippen molar-refractivity contribution >= 4 is 17.5 Å². The summed E-state index contributed by atoms with van der Waals surface area (Å²) in [6, 6.07) is 7.14. The Hall–Kier alpha value is -1.92. The molecule has 1 amide bonds. The summed E-state index contributed by atoms with van der Waals surface area (Å²) in [6.07, 6.45) is 1.78. The minimum atomic E-state index is 0.0484. The maximum absolute atomic E-state index is 12.6. The van der Waals surface area contributed by atoms with Crippen molar-refractivity contribution in [3.8, 4) is 0 Å². The van der Waals surface area contributed by atoms with Gasteiger partial charge in [0.2, 0.25) is 0 Å². The van der Waals surface area contributed by atoms with Crippen molar-refractivity contribution in [3.05, 3.63) is 46.5 Å². The lowest BCUT2D eigenvalue weighted by Crippen LogP contribution is -2.35. The maximum Gasteiger partial charge on any atom is 0.253 e. The van der Waals surface area contributed by atoms with Crippen molar-refractivity contribution in [3.63, 3.8) is 0 Å². The third-order valence-electron chi connectivity index (χ3n) is 4.21. The highest BCUT2D eigenvalue weighted by molar-refractivity contribution is 6.30. The first-order valence-corrected chi connectivity index (χ1v) is 8.71. The number of aromatic amines is 1. The fourth-order valence-electron chi connectivity index (χ4n) is 2.91. The van der Waals surface area contributed by atoms with Gasteiger partial charge in [-0.25, -0.2) is 4.98 Å². The van der Waals surface area contributed by atoms with Crippen LogP contribution in [0.25, 0.3) is 0 Å². The predicted octanol–water partition coefficient (Wildman–Crippen LogP) is 2.37. The van der Waals surface area contributed by atoms with Crippen LogP contribution < -0.4 is 0 Å². The summed E-state index contributed by atoms with van der Waals surface area (Å²) in [5.74, 6) is 1.78. The van der Waals surface area contributed by atoms with Gasteiger partial charge >= 0.3 is 0 Å². The topological polar surface area (TPSA) is 65.1 Å². The van der Waals surface area contributed by atoms with E-state index in [4.69, 9.17) is 11.6 Å². The highest BCUT2D eigenvalue weighted by atomic mass is 35.5. The van der Waals surface area contributed by atoms with Crippen LogP contribution in [0.2, 0.25) is 5.02 Å². The molecule has 1 aromatic heterocycles. The first kappa shape index (κ1) is 16.9. The number of carbonyl (C=O) groups is 1. The number of halogens is 1. The van der Waals surface area contributed by atoms with E-state index in [0.29, 0.717) is 17.1 Å². The number of carbonyl (C=O) groups excluding carboxylic acids is 1. The average molecular weight is 348 g/mol. The first-order valence-electron chi connectivity index (χ1n) is 8.33. The molecule has 0 bridgehead atoms. The van der Waals surface area contributed by atoms with Crippen LogP contribution in [0.15, 0.2) is 24.3 Å². The van der Waals surface area contributed by atoms with E-state index in [-0.39, 0.29) is 5.91 Å². The SMILES string of the molecule is CCc1n[nH]c(CN2CCCN(C(=O)c3cccc(Cl)c3)CC2)n1. The Morgan fingerprint density at radius 1 is 1.29 bits per heavy atom. The molecule has 6 nitrogen and oxygen atoms in total. The normalized spacial score (nSPS) is 16.2. The van der Waals surface area contributed by atoms with Crippen LogP contribution in [-0.4, -0.2) is 57.1 Å². The second-order valence-corrected chi connectivity index (χ2v) is 6.42. The van der Waals surface area contributed by atoms with Gasteiger partial charge in [0.1, 0.15) is 11.6 Å². The maximum atomic E-state index is 12.6. The molecule has 1 N–H and O–H groups in total. The number of benzene rings is 1. The Labute approximate surface area is 146 Å². The number of hydrogen-bond acceptors (Lipinski definition) is 4. The molecule has 0 radical (unpaired) electrons. The summed E-state index contributed by atoms with van der Waals surface area (Å²) in [5, 5.41) is 7.76. The number of rotatable bonds is 4. The molecule has 1 fully saturated rings. The van der Waals surface area contributed by atoms with E-state index >= 15 is 0 Å². The van der Waals surface area contributed by atoms with Gasteiger partial charge in [0.25, 0.3) is 5.91 Å². The summed E-state index contributed by atoms with van der Waals surface area (Å²) in [5.41, 5.74) is 0.652. The van der Waals surface area contributed by atoms with Gasteiger partial charge in [-0.1, -0.05) is 24.6 Å². The highest BCUT2D eigenvalue weighted by Gasteiger charge is 2.21. The van der Waals surface area contributed by atoms with Crippen LogP contribution in [0.5, 0.6) is 0 Å². The Kier molecular flexibility index (Phi) is 5.48. The van der Waals surface area contributed by atoms with E-state index in [1.807, 2.05) is 24.0 Å². The van der Waals surface area contributed by atoms with Crippen molar-refractivity contribution in [1.82, 2.24) is 25.0 Å². The minimum Gasteiger partial charge on any atom is -0.337 e. The molecule has 128 valence electrons. The van der Waals surface area contributed by atoms with Gasteiger partial charge in [-0.2, -0.15) is 5.10 Å². The second kappa shape index (κ2) is 7.77. The van der Waals surface area contributed by atoms with Gasteiger partial charge in [-0.15, -0.1) is 0 Å². The van der Waals surface area contributed by atoms with Crippen molar-refractivity contribution in [2.75, 3.05) is 26.2 Å². The molecule has 2 heterocycles. The smallest absolute Gasteiger partial charge is 0.253 e. The summed E-state index contributed by atoms with van der Waals surface area (Å²) < 4.78 is 0. The van der Waals surface area contributed by atoms with Gasteiger partial charge < -0.3 is 4.90 Å². The zero-order chi connectivity index (χ0) is 16.9. The molecular formula is C17H22ClN5O. The molecule has 2 aromatic rings. The van der Waals surface area contributed by atoms with Gasteiger partial charge in [0, 0.05) is 43.2 Å². The van der Waals surface area contributed by atoms with Crippen molar-refractivity contribution < 1.29 is 4.79 Å². The molecule has 0 unspecified atom stereocenters. The Bertz CT molecular complexity index is 702. The standard InChI is InChI=1S/C17H22ClN5O/c1-2-15-19-16(21-20-15)12-22-7-4-8-23(10-9-22)17(24)13-5-3-6-14(18)11-13/h3,5-6,11H,2,4,7-10,12H2,1H3,(H,19,20,21). The lowest BCUT2D eigenvalue weighted by molar-refractivity contribution is 0.0761. The molecule has 0 spiro atoms. The zero-order valence-electron chi connectivity index (χ0n) is 13.8. The second-order valence-electron chi connectivity index (χ2n) is 5.98. The fraction of sp³-hybridized carbons (Fsp3) is 0.471. The minimum absolute atomic E-state index is 0.0484. The van der Waals surface area contributed by atoms with Crippen LogP contribution in [0, 0.1) is 0 Å². The molecular weight excluding hydrogens is 326 g/mol. The van der Waals surface area contributed by atoms with E-state index in [1.165, 1.54) is 0 Å². The van der Waals surface area contributed by atoms with Crippen LogP contribution in [0.4, 0.5) is 0 Å². The molecule has 0 atom stereocenters. The molecule has 3 rings (SSSR count). The van der Waals surface area contributed by atoms with Crippen molar-refractivity contribution in [2.24, 2.45) is 0 Å². The Morgan fingerprint density at radius 2 is 2.17 bits per heavy atom. The molecule has 1 aliphatic heterocycles. The van der Waals surface area contributed by atoms with Gasteiger partial charge in [-0.05, 0) is 24.6 Å². The Morgan fingerprint density at radius 3 is 2.92 bits per heavy atom. The van der Waals surface area contributed by atoms with Crippen LogP contribution in [0.3, 0.4) is 0 Å². The monoisotopic (exact) mass is 347 g/mol. The predicted molar refractivity (Wildman–Crippen MR) is 93.0 cm³/mol. The van der Waals surface area contributed by atoms with Crippen molar-refractivity contribution in [2.45, 2.75) is 26.3 Å². The number of nitrogens with one attached hydrogen (secondary N) is 1. The summed E-state index contributed by atoms with van der Waals surface area (Å²) >= 11 is 5.99. The Balaban J connectivity index is 1.59. The van der Waals surface area contributed by atoms with E-state index in [1.54, 1.807) is 12.1 Å². The third kappa shape index (κ3) is 4.13. The van der Waals surface area contributed by atoms with Crippen LogP contribution in [-0.2, 0) is 13.0 Å². The van der Waals surface area contributed by atoms with E-state index in [0.717, 1.165) is 50.7 Å². The quantitative estimate of drug-likeness (QED) is 0.922. The van der Waals surface area contributed by atoms with Crippen LogP contribution in [0.1, 0.15) is 35.4 Å². The zero-order valence-corrected chi connectivity index (χ0v) is 14.6.